The molecule has 0 saturated carbocycles. The van der Waals surface area contributed by atoms with Gasteiger partial charge in [0.25, 0.3) is 5.91 Å². The van der Waals surface area contributed by atoms with E-state index in [4.69, 9.17) is 24.9 Å². The summed E-state index contributed by atoms with van der Waals surface area (Å²) in [6, 6.07) is 5.37. The number of nitrogens with one attached hydrogen (secondary N) is 1. The maximum atomic E-state index is 13.8. The first-order valence-electron chi connectivity index (χ1n) is 13.3. The van der Waals surface area contributed by atoms with Crippen LogP contribution in [0.15, 0.2) is 69.6 Å². The predicted molar refractivity (Wildman–Crippen MR) is 153 cm³/mol. The Hall–Kier alpha value is -3.41. The number of benzene rings is 1. The van der Waals surface area contributed by atoms with Crippen molar-refractivity contribution < 1.29 is 28.6 Å². The van der Waals surface area contributed by atoms with E-state index in [0.717, 1.165) is 21.2 Å². The number of ether oxygens (including phenoxy) is 3. The van der Waals surface area contributed by atoms with Crippen molar-refractivity contribution in [3.05, 3.63) is 59.7 Å². The van der Waals surface area contributed by atoms with Crippen molar-refractivity contribution in [1.29, 1.82) is 0 Å². The fourth-order valence-electron chi connectivity index (χ4n) is 4.93. The molecule has 0 bridgehead atoms. The molecule has 40 heavy (non-hydrogen) atoms. The number of primary amides is 1. The summed E-state index contributed by atoms with van der Waals surface area (Å²) in [6.07, 6.45) is 5.64. The van der Waals surface area contributed by atoms with E-state index in [0.29, 0.717) is 31.6 Å². The van der Waals surface area contributed by atoms with Gasteiger partial charge in [0.2, 0.25) is 11.8 Å². The van der Waals surface area contributed by atoms with Crippen molar-refractivity contribution >= 4 is 40.9 Å². The molecule has 1 fully saturated rings. The Morgan fingerprint density at radius 3 is 2.77 bits per heavy atom. The van der Waals surface area contributed by atoms with Crippen LogP contribution < -0.4 is 11.1 Å². The first-order chi connectivity index (χ1) is 19.2. The van der Waals surface area contributed by atoms with Crippen LogP contribution in [0.1, 0.15) is 33.1 Å². The number of carbonyl (C=O) groups is 3. The molecule has 1 unspecified atom stereocenters. The van der Waals surface area contributed by atoms with E-state index >= 15 is 0 Å². The van der Waals surface area contributed by atoms with Crippen molar-refractivity contribution in [2.75, 3.05) is 20.3 Å². The van der Waals surface area contributed by atoms with E-state index in [1.165, 1.54) is 18.1 Å². The van der Waals surface area contributed by atoms with Gasteiger partial charge in [0.15, 0.2) is 12.9 Å². The summed E-state index contributed by atoms with van der Waals surface area (Å²) >= 11 is 1.65. The van der Waals surface area contributed by atoms with Crippen LogP contribution in [0.5, 0.6) is 0 Å². The monoisotopic (exact) mass is 568 g/mol. The van der Waals surface area contributed by atoms with Crippen LogP contribution in [0.3, 0.4) is 0 Å². The molecule has 10 nitrogen and oxygen atoms in total. The molecule has 11 heteroatoms. The van der Waals surface area contributed by atoms with E-state index in [9.17, 15) is 14.4 Å². The minimum Gasteiger partial charge on any atom is -0.488 e. The standard InChI is InChI=1S/C29H36N4O6S/c1-5-19(28(36)33(22-12-13-38-29(22)37-4)23(27(30)35)14-17(2)3)32-26(34)16-39-18-10-11-25-21(15-18)31-20-8-6-7-9-24(20)40-25/h5-11,17,19,22-23,29H,1,12-16H2,2-4H3,(H2,30,35)(H,32,34)/t19-,22-,23-,29?/m0/s1. The van der Waals surface area contributed by atoms with Gasteiger partial charge in [-0.25, -0.2) is 0 Å². The average Bonchev–Trinajstić information content (AvgIpc) is 3.41. The fraction of sp³-hybridized carbons (Fsp3) is 0.448. The molecule has 3 amide bonds. The summed E-state index contributed by atoms with van der Waals surface area (Å²) in [5.74, 6) is -0.978. The third kappa shape index (κ3) is 6.83. The van der Waals surface area contributed by atoms with Crippen LogP contribution in [0.25, 0.3) is 0 Å². The molecule has 1 aromatic rings. The number of rotatable bonds is 12. The topological polar surface area (TPSA) is 133 Å². The normalized spacial score (nSPS) is 21.1. The Morgan fingerprint density at radius 2 is 2.08 bits per heavy atom. The zero-order chi connectivity index (χ0) is 28.8. The summed E-state index contributed by atoms with van der Waals surface area (Å²) in [5, 5.41) is 2.68. The minimum atomic E-state index is -1.11. The van der Waals surface area contributed by atoms with Crippen molar-refractivity contribution in [1.82, 2.24) is 10.2 Å². The molecule has 4 rings (SSSR count). The van der Waals surface area contributed by atoms with Crippen LogP contribution >= 0.6 is 11.8 Å². The van der Waals surface area contributed by atoms with E-state index in [-0.39, 0.29) is 12.5 Å². The number of allylic oxidation sites excluding steroid dienone is 4. The fourth-order valence-corrected chi connectivity index (χ4v) is 5.90. The molecular weight excluding hydrogens is 532 g/mol. The highest BCUT2D eigenvalue weighted by molar-refractivity contribution is 8.04. The maximum Gasteiger partial charge on any atom is 0.258 e. The van der Waals surface area contributed by atoms with Gasteiger partial charge in [0, 0.05) is 23.3 Å². The first-order valence-corrected chi connectivity index (χ1v) is 14.1. The zero-order valence-corrected chi connectivity index (χ0v) is 23.8. The molecule has 0 aromatic heterocycles. The molecule has 1 aromatic carbocycles. The number of hydrogen-bond donors (Lipinski definition) is 2. The summed E-state index contributed by atoms with van der Waals surface area (Å²) in [5.41, 5.74) is 7.54. The molecule has 0 spiro atoms. The van der Waals surface area contributed by atoms with Gasteiger partial charge >= 0.3 is 0 Å². The van der Waals surface area contributed by atoms with Gasteiger partial charge in [-0.1, -0.05) is 43.8 Å². The third-order valence-electron chi connectivity index (χ3n) is 6.81. The summed E-state index contributed by atoms with van der Waals surface area (Å²) in [6.45, 7) is 7.68. The first kappa shape index (κ1) is 29.6. The maximum absolute atomic E-state index is 13.8. The lowest BCUT2D eigenvalue weighted by molar-refractivity contribution is -0.158. The highest BCUT2D eigenvalue weighted by atomic mass is 32.2. The van der Waals surface area contributed by atoms with Gasteiger partial charge < -0.3 is 30.2 Å². The number of nitrogens with zero attached hydrogens (tertiary/aromatic N) is 2. The number of hydrogen-bond acceptors (Lipinski definition) is 8. The van der Waals surface area contributed by atoms with Crippen LogP contribution in [-0.2, 0) is 28.6 Å². The second-order valence-electron chi connectivity index (χ2n) is 10.2. The molecule has 1 saturated heterocycles. The summed E-state index contributed by atoms with van der Waals surface area (Å²) < 4.78 is 16.8. The van der Waals surface area contributed by atoms with Crippen molar-refractivity contribution in [3.8, 4) is 0 Å². The zero-order valence-electron chi connectivity index (χ0n) is 23.0. The second-order valence-corrected chi connectivity index (χ2v) is 11.2. The largest absolute Gasteiger partial charge is 0.488 e. The number of methoxy groups -OCH3 is 1. The molecular formula is C29H36N4O6S. The Bertz CT molecular complexity index is 1240. The van der Waals surface area contributed by atoms with Crippen LogP contribution in [0.2, 0.25) is 0 Å². The number of fused-ring (bicyclic) bond motifs is 2. The Kier molecular flexibility index (Phi) is 9.83. The lowest BCUT2D eigenvalue weighted by atomic mass is 9.98. The molecule has 0 radical (unpaired) electrons. The number of aliphatic imine (C=N–C) groups is 1. The van der Waals surface area contributed by atoms with E-state index < -0.39 is 42.1 Å². The average molecular weight is 569 g/mol. The third-order valence-corrected chi connectivity index (χ3v) is 7.96. The minimum absolute atomic E-state index is 0.0836. The number of para-hydroxylation sites is 1. The van der Waals surface area contributed by atoms with Crippen LogP contribution in [0.4, 0.5) is 5.69 Å². The van der Waals surface area contributed by atoms with Crippen molar-refractivity contribution in [2.24, 2.45) is 16.6 Å². The molecule has 3 aliphatic rings. The summed E-state index contributed by atoms with van der Waals surface area (Å²) in [4.78, 5) is 47.5. The summed E-state index contributed by atoms with van der Waals surface area (Å²) in [7, 11) is 1.48. The smallest absolute Gasteiger partial charge is 0.258 e. The molecule has 2 aliphatic heterocycles. The SMILES string of the molecule is C=C[C@H](NC(=O)COC1=CC=C2Sc3ccccc3N=C2C1)C(=O)N([C@@H](CC(C)C)C(N)=O)[C@H]1CCOC1OC. The lowest BCUT2D eigenvalue weighted by Crippen LogP contribution is -2.60. The lowest BCUT2D eigenvalue weighted by Gasteiger charge is -2.38. The number of carbonyl (C=O) groups excluding carboxylic acids is 3. The van der Waals surface area contributed by atoms with Gasteiger partial charge in [-0.2, -0.15) is 0 Å². The van der Waals surface area contributed by atoms with E-state index in [2.05, 4.69) is 11.9 Å². The quantitative estimate of drug-likeness (QED) is 0.370. The molecule has 4 atom stereocenters. The van der Waals surface area contributed by atoms with Crippen LogP contribution in [-0.4, -0.2) is 73.1 Å². The van der Waals surface area contributed by atoms with Gasteiger partial charge in [-0.15, -0.1) is 6.58 Å². The molecule has 2 heterocycles. The second kappa shape index (κ2) is 13.3. The Morgan fingerprint density at radius 1 is 1.30 bits per heavy atom. The van der Waals surface area contributed by atoms with E-state index in [1.807, 2.05) is 50.3 Å². The molecule has 3 N–H and O–H groups in total. The van der Waals surface area contributed by atoms with Gasteiger partial charge in [-0.05, 0) is 43.0 Å². The van der Waals surface area contributed by atoms with Crippen molar-refractivity contribution in [2.45, 2.75) is 62.4 Å². The highest BCUT2D eigenvalue weighted by Gasteiger charge is 2.43. The predicted octanol–water partition coefficient (Wildman–Crippen LogP) is 3.21. The van der Waals surface area contributed by atoms with Gasteiger partial charge in [-0.3, -0.25) is 19.4 Å². The van der Waals surface area contributed by atoms with Crippen LogP contribution in [0, 0.1) is 5.92 Å². The Labute approximate surface area is 238 Å². The molecule has 1 aliphatic carbocycles. The molecule has 214 valence electrons. The Balaban J connectivity index is 1.42. The number of thioether (sulfide) groups is 1. The highest BCUT2D eigenvalue weighted by Crippen LogP contribution is 2.42. The number of amides is 3. The number of nitrogens with two attached hydrogens (primary N) is 1. The van der Waals surface area contributed by atoms with Crippen molar-refractivity contribution in [3.63, 3.8) is 0 Å². The van der Waals surface area contributed by atoms with Gasteiger partial charge in [0.1, 0.15) is 17.8 Å². The van der Waals surface area contributed by atoms with Gasteiger partial charge in [0.05, 0.1) is 24.0 Å². The van der Waals surface area contributed by atoms with E-state index in [1.54, 1.807) is 11.8 Å².